The van der Waals surface area contributed by atoms with Crippen molar-refractivity contribution in [3.8, 4) is 0 Å². The van der Waals surface area contributed by atoms with E-state index in [9.17, 15) is 4.79 Å². The molecule has 1 fully saturated rings. The van der Waals surface area contributed by atoms with Crippen molar-refractivity contribution in [1.82, 2.24) is 4.90 Å². The summed E-state index contributed by atoms with van der Waals surface area (Å²) < 4.78 is 5.38. The van der Waals surface area contributed by atoms with Crippen molar-refractivity contribution in [1.29, 1.82) is 0 Å². The summed E-state index contributed by atoms with van der Waals surface area (Å²) in [4.78, 5) is 14.4. The zero-order chi connectivity index (χ0) is 12.9. The van der Waals surface area contributed by atoms with Crippen molar-refractivity contribution in [3.05, 3.63) is 0 Å². The Morgan fingerprint density at radius 3 is 2.82 bits per heavy atom. The van der Waals surface area contributed by atoms with Crippen molar-refractivity contribution < 1.29 is 9.53 Å². The van der Waals surface area contributed by atoms with Crippen LogP contribution in [0, 0.1) is 5.92 Å². The van der Waals surface area contributed by atoms with Crippen LogP contribution in [0.4, 0.5) is 0 Å². The number of carbonyl (C=O) groups excluding carboxylic acids is 1. The van der Waals surface area contributed by atoms with Gasteiger partial charge >= 0.3 is 0 Å². The number of nitrogens with two attached hydrogens (primary N) is 1. The molecule has 1 aliphatic heterocycles. The van der Waals surface area contributed by atoms with Crippen LogP contribution in [0.5, 0.6) is 0 Å². The standard InChI is InChI=1S/C13H26N2O2/c1-4-13(2,17-3)12(16)15-9-5-6-11(10-15)7-8-14/h11H,4-10,14H2,1-3H3. The Labute approximate surface area is 104 Å². The minimum absolute atomic E-state index is 0.129. The Morgan fingerprint density at radius 2 is 2.29 bits per heavy atom. The van der Waals surface area contributed by atoms with Gasteiger partial charge in [0.05, 0.1) is 0 Å². The van der Waals surface area contributed by atoms with Gasteiger partial charge in [0, 0.05) is 20.2 Å². The number of nitrogens with zero attached hydrogens (tertiary/aromatic N) is 1. The lowest BCUT2D eigenvalue weighted by Gasteiger charge is -2.38. The Hall–Kier alpha value is -0.610. The summed E-state index contributed by atoms with van der Waals surface area (Å²) in [6, 6.07) is 0. The van der Waals surface area contributed by atoms with E-state index >= 15 is 0 Å². The van der Waals surface area contributed by atoms with Gasteiger partial charge in [0.15, 0.2) is 0 Å². The minimum Gasteiger partial charge on any atom is -0.369 e. The fourth-order valence-electron chi connectivity index (χ4n) is 2.44. The number of rotatable bonds is 5. The Morgan fingerprint density at radius 1 is 1.59 bits per heavy atom. The molecule has 0 aliphatic carbocycles. The molecule has 1 saturated heterocycles. The first kappa shape index (κ1) is 14.5. The van der Waals surface area contributed by atoms with Gasteiger partial charge < -0.3 is 15.4 Å². The number of methoxy groups -OCH3 is 1. The summed E-state index contributed by atoms with van der Waals surface area (Å²) in [5.41, 5.74) is 4.93. The van der Waals surface area contributed by atoms with Gasteiger partial charge in [-0.25, -0.2) is 0 Å². The summed E-state index contributed by atoms with van der Waals surface area (Å²) in [6.07, 6.45) is 4.00. The molecule has 1 aliphatic rings. The van der Waals surface area contributed by atoms with Crippen molar-refractivity contribution in [3.63, 3.8) is 0 Å². The fraction of sp³-hybridized carbons (Fsp3) is 0.923. The monoisotopic (exact) mass is 242 g/mol. The second kappa shape index (κ2) is 6.36. The Bertz CT molecular complexity index is 250. The molecule has 0 spiro atoms. The van der Waals surface area contributed by atoms with Crippen molar-refractivity contribution in [2.24, 2.45) is 11.7 Å². The lowest BCUT2D eigenvalue weighted by Crippen LogP contribution is -2.51. The van der Waals surface area contributed by atoms with Crippen LogP contribution >= 0.6 is 0 Å². The van der Waals surface area contributed by atoms with E-state index in [1.165, 1.54) is 6.42 Å². The zero-order valence-electron chi connectivity index (χ0n) is 11.4. The van der Waals surface area contributed by atoms with Crippen LogP contribution in [0.1, 0.15) is 39.5 Å². The first-order chi connectivity index (χ1) is 8.07. The fourth-order valence-corrected chi connectivity index (χ4v) is 2.44. The maximum absolute atomic E-state index is 12.4. The molecule has 4 heteroatoms. The zero-order valence-corrected chi connectivity index (χ0v) is 11.4. The second-order valence-electron chi connectivity index (χ2n) is 5.13. The number of hydrogen-bond acceptors (Lipinski definition) is 3. The van der Waals surface area contributed by atoms with E-state index in [1.807, 2.05) is 18.7 Å². The van der Waals surface area contributed by atoms with Gasteiger partial charge in [0.1, 0.15) is 5.60 Å². The molecule has 2 unspecified atom stereocenters. The van der Waals surface area contributed by atoms with Crippen molar-refractivity contribution in [2.75, 3.05) is 26.7 Å². The summed E-state index contributed by atoms with van der Waals surface area (Å²) >= 11 is 0. The Balaban J connectivity index is 2.62. The number of ether oxygens (including phenoxy) is 1. The van der Waals surface area contributed by atoms with Crippen LogP contribution in [0.3, 0.4) is 0 Å². The van der Waals surface area contributed by atoms with Crippen molar-refractivity contribution >= 4 is 5.91 Å². The predicted molar refractivity (Wildman–Crippen MR) is 68.7 cm³/mol. The van der Waals surface area contributed by atoms with E-state index in [4.69, 9.17) is 10.5 Å². The molecular weight excluding hydrogens is 216 g/mol. The molecule has 0 aromatic rings. The van der Waals surface area contributed by atoms with Crippen LogP contribution in [0.2, 0.25) is 0 Å². The third-order valence-corrected chi connectivity index (χ3v) is 3.96. The SMILES string of the molecule is CCC(C)(OC)C(=O)N1CCCC(CCN)C1. The summed E-state index contributed by atoms with van der Waals surface area (Å²) in [6.45, 7) is 6.28. The van der Waals surface area contributed by atoms with Crippen LogP contribution < -0.4 is 5.73 Å². The molecule has 2 N–H and O–H groups in total. The smallest absolute Gasteiger partial charge is 0.254 e. The normalized spacial score (nSPS) is 24.5. The van der Waals surface area contributed by atoms with E-state index in [0.717, 1.165) is 25.9 Å². The molecule has 100 valence electrons. The van der Waals surface area contributed by atoms with E-state index in [0.29, 0.717) is 18.9 Å². The van der Waals surface area contributed by atoms with Crippen LogP contribution in [0.15, 0.2) is 0 Å². The van der Waals surface area contributed by atoms with E-state index in [2.05, 4.69) is 0 Å². The van der Waals surface area contributed by atoms with E-state index < -0.39 is 5.60 Å². The first-order valence-electron chi connectivity index (χ1n) is 6.62. The molecule has 17 heavy (non-hydrogen) atoms. The molecule has 0 bridgehead atoms. The molecule has 4 nitrogen and oxygen atoms in total. The van der Waals surface area contributed by atoms with Crippen molar-refractivity contribution in [2.45, 2.75) is 45.1 Å². The van der Waals surface area contributed by atoms with Gasteiger partial charge in [-0.2, -0.15) is 0 Å². The third kappa shape index (κ3) is 3.42. The highest BCUT2D eigenvalue weighted by Gasteiger charge is 2.36. The summed E-state index contributed by atoms with van der Waals surface area (Å²) in [5, 5.41) is 0. The highest BCUT2D eigenvalue weighted by Crippen LogP contribution is 2.24. The van der Waals surface area contributed by atoms with Gasteiger partial charge in [0.25, 0.3) is 5.91 Å². The highest BCUT2D eigenvalue weighted by atomic mass is 16.5. The lowest BCUT2D eigenvalue weighted by molar-refractivity contribution is -0.155. The van der Waals surface area contributed by atoms with Gasteiger partial charge in [-0.1, -0.05) is 6.92 Å². The molecule has 1 heterocycles. The lowest BCUT2D eigenvalue weighted by atomic mass is 9.92. The molecule has 1 rings (SSSR count). The average molecular weight is 242 g/mol. The van der Waals surface area contributed by atoms with Crippen LogP contribution in [-0.2, 0) is 9.53 Å². The Kier molecular flexibility index (Phi) is 5.40. The largest absolute Gasteiger partial charge is 0.369 e. The average Bonchev–Trinajstić information content (AvgIpc) is 2.37. The molecule has 2 atom stereocenters. The predicted octanol–water partition coefficient (Wildman–Crippen LogP) is 1.39. The number of piperidine rings is 1. The number of hydrogen-bond donors (Lipinski definition) is 1. The van der Waals surface area contributed by atoms with Gasteiger partial charge in [-0.15, -0.1) is 0 Å². The van der Waals surface area contributed by atoms with Crippen LogP contribution in [-0.4, -0.2) is 43.2 Å². The second-order valence-corrected chi connectivity index (χ2v) is 5.13. The summed E-state index contributed by atoms with van der Waals surface area (Å²) in [5.74, 6) is 0.694. The van der Waals surface area contributed by atoms with Crippen LogP contribution in [0.25, 0.3) is 0 Å². The third-order valence-electron chi connectivity index (χ3n) is 3.96. The quantitative estimate of drug-likeness (QED) is 0.792. The van der Waals surface area contributed by atoms with E-state index in [-0.39, 0.29) is 5.91 Å². The summed E-state index contributed by atoms with van der Waals surface area (Å²) in [7, 11) is 1.61. The molecule has 0 saturated carbocycles. The maximum Gasteiger partial charge on any atom is 0.254 e. The van der Waals surface area contributed by atoms with Gasteiger partial charge in [-0.3, -0.25) is 4.79 Å². The molecule has 0 aromatic heterocycles. The molecule has 0 radical (unpaired) electrons. The number of likely N-dealkylation sites (tertiary alicyclic amines) is 1. The molecule has 1 amide bonds. The number of carbonyl (C=O) groups is 1. The van der Waals surface area contributed by atoms with Gasteiger partial charge in [0.2, 0.25) is 0 Å². The molecular formula is C13H26N2O2. The molecule has 0 aromatic carbocycles. The van der Waals surface area contributed by atoms with E-state index in [1.54, 1.807) is 7.11 Å². The first-order valence-corrected chi connectivity index (χ1v) is 6.62. The van der Waals surface area contributed by atoms with Gasteiger partial charge in [-0.05, 0) is 45.1 Å². The maximum atomic E-state index is 12.4. The highest BCUT2D eigenvalue weighted by molar-refractivity contribution is 5.84. The number of amides is 1. The topological polar surface area (TPSA) is 55.6 Å². The minimum atomic E-state index is -0.662.